The van der Waals surface area contributed by atoms with Crippen LogP contribution in [0.5, 0.6) is 0 Å². The normalized spacial score (nSPS) is 16.6. The number of aliphatic carboxylic acids is 6. The molecule has 0 unspecified atom stereocenters. The van der Waals surface area contributed by atoms with Crippen LogP contribution < -0.4 is 10.5 Å². The molecule has 0 bridgehead atoms. The highest BCUT2D eigenvalue weighted by Crippen LogP contribution is 2.39. The number of hydrogen-bond acceptors (Lipinski definition) is 13. The maximum Gasteiger partial charge on any atom is 0.328 e. The number of fused-ring (bicyclic) bond motifs is 1. The summed E-state index contributed by atoms with van der Waals surface area (Å²) in [7, 11) is -2.21. The summed E-state index contributed by atoms with van der Waals surface area (Å²) >= 11 is 0. The number of nitrogens with one attached hydrogen (secondary N) is 1. The Morgan fingerprint density at radius 3 is 1.61 bits per heavy atom. The van der Waals surface area contributed by atoms with Gasteiger partial charge in [-0.3, -0.25) is 9.62 Å². The third-order valence-electron chi connectivity index (χ3n) is 9.58. The lowest BCUT2D eigenvalue weighted by Crippen LogP contribution is -2.49. The average molecular weight is 948 g/mol. The molecule has 4 aromatic rings. The van der Waals surface area contributed by atoms with Crippen LogP contribution in [-0.4, -0.2) is 138 Å². The quantitative estimate of drug-likeness (QED) is 0.0937. The molecule has 2 aromatic heterocycles. The van der Waals surface area contributed by atoms with Crippen LogP contribution in [0.2, 0.25) is 0 Å². The fourth-order valence-electron chi connectivity index (χ4n) is 6.54. The minimum atomic E-state index is -4.37. The first-order valence-electron chi connectivity index (χ1n) is 19.2. The molecular formula is C41H44F3N7O14S. The lowest BCUT2D eigenvalue weighted by atomic mass is 9.89. The summed E-state index contributed by atoms with van der Waals surface area (Å²) in [5.41, 5.74) is 7.73. The van der Waals surface area contributed by atoms with E-state index in [1.807, 2.05) is 6.20 Å². The molecule has 2 aromatic carbocycles. The van der Waals surface area contributed by atoms with E-state index in [9.17, 15) is 46.0 Å². The van der Waals surface area contributed by atoms with E-state index in [0.717, 1.165) is 57.9 Å². The van der Waals surface area contributed by atoms with Crippen molar-refractivity contribution in [2.75, 3.05) is 43.7 Å². The van der Waals surface area contributed by atoms with Crippen LogP contribution in [0.1, 0.15) is 31.7 Å². The van der Waals surface area contributed by atoms with E-state index in [-0.39, 0.29) is 17.5 Å². The first-order valence-corrected chi connectivity index (χ1v) is 20.7. The Kier molecular flexibility index (Phi) is 19.5. The van der Waals surface area contributed by atoms with Gasteiger partial charge in [0.15, 0.2) is 11.6 Å². The van der Waals surface area contributed by atoms with Crippen LogP contribution in [0.25, 0.3) is 22.2 Å². The zero-order valence-electron chi connectivity index (χ0n) is 34.7. The van der Waals surface area contributed by atoms with Crippen molar-refractivity contribution in [3.63, 3.8) is 0 Å². The Labute approximate surface area is 373 Å². The standard InChI is InChI=1S/C29H32F3N7O2S.3C4H4O4/c1-37-10-12-38(13-11-37)19-3-5-20(6-4-19)39-16-22(27-28(33)34-17-35-29(27)39)18-2-9-26(25(32)14-18)36-42(40,41)21-7-8-23(30)24(31)15-21;3*5-3(6)1-2-4(7)8/h2,7-9,14-17,19-20,36H,3-6,10-13H2,1H3,(H2,33,34,35);3*1-2H,(H,5,6)(H,7,8)/b;3*2-1-. The van der Waals surface area contributed by atoms with Crippen LogP contribution in [0.15, 0.2) is 90.3 Å². The fourth-order valence-corrected chi connectivity index (χ4v) is 7.61. The molecule has 21 nitrogen and oxygen atoms in total. The molecule has 0 atom stereocenters. The van der Waals surface area contributed by atoms with Gasteiger partial charge < -0.3 is 45.8 Å². The van der Waals surface area contributed by atoms with Gasteiger partial charge in [-0.15, -0.1) is 0 Å². The van der Waals surface area contributed by atoms with Crippen LogP contribution in [0, 0.1) is 17.5 Å². The highest BCUT2D eigenvalue weighted by Gasteiger charge is 2.30. The molecule has 2 aliphatic rings. The number of carboxylic acid groups (broad SMARTS) is 6. The number of sulfonamides is 1. The predicted octanol–water partition coefficient (Wildman–Crippen LogP) is 3.77. The Hall–Kier alpha value is -7.64. The minimum absolute atomic E-state index is 0.200. The van der Waals surface area contributed by atoms with Crippen molar-refractivity contribution >= 4 is 68.4 Å². The van der Waals surface area contributed by atoms with Crippen LogP contribution >= 0.6 is 0 Å². The van der Waals surface area contributed by atoms with E-state index < -0.39 is 68.2 Å². The highest BCUT2D eigenvalue weighted by atomic mass is 32.2. The number of carboxylic acids is 6. The van der Waals surface area contributed by atoms with Crippen molar-refractivity contribution in [1.82, 2.24) is 24.3 Å². The molecule has 1 saturated carbocycles. The number of hydrogen-bond donors (Lipinski definition) is 8. The zero-order valence-corrected chi connectivity index (χ0v) is 35.5. The first kappa shape index (κ1) is 52.7. The number of rotatable bonds is 12. The predicted molar refractivity (Wildman–Crippen MR) is 228 cm³/mol. The van der Waals surface area contributed by atoms with Crippen molar-refractivity contribution in [1.29, 1.82) is 0 Å². The molecule has 6 rings (SSSR count). The van der Waals surface area contributed by atoms with E-state index in [2.05, 4.69) is 36.1 Å². The molecule has 1 aliphatic heterocycles. The lowest BCUT2D eigenvalue weighted by Gasteiger charge is -2.41. The monoisotopic (exact) mass is 947 g/mol. The summed E-state index contributed by atoms with van der Waals surface area (Å²) in [5.74, 6) is -10.6. The molecule has 66 heavy (non-hydrogen) atoms. The lowest BCUT2D eigenvalue weighted by molar-refractivity contribution is -0.134. The SMILES string of the molecule is CN1CCN(C2CCC(n3cc(-c4ccc(NS(=O)(=O)c5ccc(F)c(F)c5)c(F)c4)c4c(N)ncnc43)CC2)CC1.O=C(O)/C=C\C(=O)O.O=C(O)/C=C\C(=O)O.O=C(O)/C=C\C(=O)O. The van der Waals surface area contributed by atoms with Crippen LogP contribution in [0.4, 0.5) is 24.7 Å². The number of halogens is 3. The van der Waals surface area contributed by atoms with Crippen LogP contribution in [-0.2, 0) is 38.8 Å². The topological polar surface area (TPSA) is 333 Å². The van der Waals surface area contributed by atoms with Gasteiger partial charge in [-0.1, -0.05) is 6.07 Å². The number of nitrogen functional groups attached to an aromatic ring is 1. The van der Waals surface area contributed by atoms with Crippen molar-refractivity contribution in [2.24, 2.45) is 0 Å². The Bertz CT molecular complexity index is 2500. The highest BCUT2D eigenvalue weighted by molar-refractivity contribution is 7.92. The van der Waals surface area contributed by atoms with Gasteiger partial charge >= 0.3 is 35.8 Å². The molecule has 354 valence electrons. The Morgan fingerprint density at radius 2 is 1.15 bits per heavy atom. The second-order valence-corrected chi connectivity index (χ2v) is 15.8. The summed E-state index contributed by atoms with van der Waals surface area (Å²) in [6.07, 6.45) is 10.8. The molecule has 0 radical (unpaired) electrons. The summed E-state index contributed by atoms with van der Waals surface area (Å²) in [6.45, 7) is 4.35. The molecular weight excluding hydrogens is 904 g/mol. The number of benzene rings is 2. The molecule has 0 amide bonds. The summed E-state index contributed by atoms with van der Waals surface area (Å²) in [4.78, 5) is 70.4. The number of nitrogens with zero attached hydrogens (tertiary/aromatic N) is 5. The number of carbonyl (C=O) groups is 6. The number of aromatic nitrogens is 3. The van der Waals surface area contributed by atoms with Gasteiger partial charge in [0.1, 0.15) is 23.6 Å². The molecule has 1 saturated heterocycles. The number of nitrogens with two attached hydrogens (primary N) is 1. The van der Waals surface area contributed by atoms with Gasteiger partial charge in [0, 0.05) is 86.5 Å². The Balaban J connectivity index is 0.000000394. The van der Waals surface area contributed by atoms with Crippen molar-refractivity contribution in [3.05, 3.63) is 103 Å². The fraction of sp³-hybridized carbons (Fsp3) is 0.268. The molecule has 3 heterocycles. The van der Waals surface area contributed by atoms with Gasteiger partial charge in [0.25, 0.3) is 10.0 Å². The summed E-state index contributed by atoms with van der Waals surface area (Å²) in [5, 5.41) is 47.5. The second-order valence-electron chi connectivity index (χ2n) is 14.1. The average Bonchev–Trinajstić information content (AvgIpc) is 3.65. The summed E-state index contributed by atoms with van der Waals surface area (Å²) < 4.78 is 71.8. The van der Waals surface area contributed by atoms with E-state index >= 15 is 4.39 Å². The van der Waals surface area contributed by atoms with Gasteiger partial charge in [-0.2, -0.15) is 0 Å². The van der Waals surface area contributed by atoms with Crippen molar-refractivity contribution in [2.45, 2.75) is 42.7 Å². The molecule has 2 fully saturated rings. The van der Waals surface area contributed by atoms with Gasteiger partial charge in [-0.25, -0.2) is 60.3 Å². The third-order valence-corrected chi connectivity index (χ3v) is 10.9. The minimum Gasteiger partial charge on any atom is -0.478 e. The third kappa shape index (κ3) is 16.5. The number of anilines is 2. The van der Waals surface area contributed by atoms with Gasteiger partial charge in [-0.05, 0) is 68.6 Å². The number of likely N-dealkylation sites (N-methyl/N-ethyl adjacent to an activating group) is 1. The maximum absolute atomic E-state index is 15.3. The van der Waals surface area contributed by atoms with Gasteiger partial charge in [0.05, 0.1) is 16.0 Å². The molecule has 9 N–H and O–H groups in total. The number of piperazine rings is 1. The zero-order chi connectivity index (χ0) is 49.3. The summed E-state index contributed by atoms with van der Waals surface area (Å²) in [6, 6.07) is 6.97. The first-order chi connectivity index (χ1) is 31.0. The second kappa shape index (κ2) is 24.4. The van der Waals surface area contributed by atoms with E-state index in [4.69, 9.17) is 36.4 Å². The largest absolute Gasteiger partial charge is 0.478 e. The molecule has 0 spiro atoms. The maximum atomic E-state index is 15.3. The molecule has 25 heteroatoms. The van der Waals surface area contributed by atoms with Crippen LogP contribution in [0.3, 0.4) is 0 Å². The van der Waals surface area contributed by atoms with E-state index in [1.54, 1.807) is 6.07 Å². The van der Waals surface area contributed by atoms with Crippen molar-refractivity contribution in [3.8, 4) is 11.1 Å². The smallest absolute Gasteiger partial charge is 0.328 e. The van der Waals surface area contributed by atoms with Crippen molar-refractivity contribution < 1.29 is 81.0 Å². The Morgan fingerprint density at radius 1 is 0.667 bits per heavy atom. The van der Waals surface area contributed by atoms with E-state index in [0.29, 0.717) is 76.8 Å². The van der Waals surface area contributed by atoms with E-state index in [1.165, 1.54) is 18.5 Å². The molecule has 1 aliphatic carbocycles. The van der Waals surface area contributed by atoms with Gasteiger partial charge in [0.2, 0.25) is 0 Å².